The molecule has 2 aromatic rings. The molecule has 7 heteroatoms. The summed E-state index contributed by atoms with van der Waals surface area (Å²) < 4.78 is 31.2. The highest BCUT2D eigenvalue weighted by Crippen LogP contribution is 2.18. The fourth-order valence-electron chi connectivity index (χ4n) is 1.83. The lowest BCUT2D eigenvalue weighted by atomic mass is 10.2. The number of aromatic amines is 1. The number of nitrogens with one attached hydrogen (secondary N) is 1. The van der Waals surface area contributed by atoms with Crippen LogP contribution in [-0.2, 0) is 16.6 Å². The predicted octanol–water partition coefficient (Wildman–Crippen LogP) is 1.63. The molecule has 1 aromatic carbocycles. The summed E-state index contributed by atoms with van der Waals surface area (Å²) in [6.07, 6.45) is 1.42. The summed E-state index contributed by atoms with van der Waals surface area (Å²) in [4.78, 5) is 0. The Hall–Kier alpha value is -1.86. The summed E-state index contributed by atoms with van der Waals surface area (Å²) in [5, 5.41) is 6.29. The van der Waals surface area contributed by atoms with Crippen LogP contribution in [0.15, 0.2) is 41.6 Å². The molecule has 0 saturated heterocycles. The first-order valence-corrected chi connectivity index (χ1v) is 7.64. The van der Waals surface area contributed by atoms with Gasteiger partial charge in [0.25, 0.3) is 10.0 Å². The van der Waals surface area contributed by atoms with Crippen molar-refractivity contribution in [1.29, 1.82) is 0 Å². The van der Waals surface area contributed by atoms with Crippen molar-refractivity contribution in [1.82, 2.24) is 14.5 Å². The Bertz CT molecular complexity index is 636. The third-order valence-corrected chi connectivity index (χ3v) is 4.81. The fourth-order valence-corrected chi connectivity index (χ4v) is 3.17. The maximum absolute atomic E-state index is 12.4. The molecule has 0 bridgehead atoms. The summed E-state index contributed by atoms with van der Waals surface area (Å²) >= 11 is 0. The van der Waals surface area contributed by atoms with Gasteiger partial charge in [-0.15, -0.1) is 0 Å². The summed E-state index contributed by atoms with van der Waals surface area (Å²) in [7, 11) is -1.94. The average molecular weight is 295 g/mol. The molecule has 0 spiro atoms. The van der Waals surface area contributed by atoms with Crippen molar-refractivity contribution >= 4 is 10.0 Å². The van der Waals surface area contributed by atoms with Crippen LogP contribution in [0.1, 0.15) is 12.5 Å². The summed E-state index contributed by atoms with van der Waals surface area (Å²) in [5.74, 6) is 0.744. The molecule has 6 nitrogen and oxygen atoms in total. The zero-order valence-corrected chi connectivity index (χ0v) is 12.2. The molecule has 108 valence electrons. The van der Waals surface area contributed by atoms with Crippen LogP contribution in [-0.4, -0.2) is 36.6 Å². The summed E-state index contributed by atoms with van der Waals surface area (Å²) in [5.41, 5.74) is 0.899. The van der Waals surface area contributed by atoms with Crippen LogP contribution in [0.2, 0.25) is 0 Å². The molecule has 1 heterocycles. The van der Waals surface area contributed by atoms with Crippen LogP contribution in [0.25, 0.3) is 0 Å². The van der Waals surface area contributed by atoms with Gasteiger partial charge in [0.05, 0.1) is 13.3 Å². The van der Waals surface area contributed by atoms with Gasteiger partial charge in [-0.25, -0.2) is 8.42 Å². The van der Waals surface area contributed by atoms with Gasteiger partial charge in [-0.1, -0.05) is 19.1 Å². The van der Waals surface area contributed by atoms with E-state index >= 15 is 0 Å². The standard InChI is InChI=1S/C13H17N3O3S/c1-3-16(20(17,18)13-8-9-14-15-13)10-11-4-6-12(19-2)7-5-11/h4-9H,3,10H2,1-2H3,(H,14,15). The number of benzene rings is 1. The molecule has 0 amide bonds. The van der Waals surface area contributed by atoms with E-state index in [0.29, 0.717) is 13.1 Å². The molecule has 0 aliphatic heterocycles. The molecule has 1 aromatic heterocycles. The molecular formula is C13H17N3O3S. The van der Waals surface area contributed by atoms with Gasteiger partial charge in [0, 0.05) is 13.1 Å². The zero-order valence-electron chi connectivity index (χ0n) is 11.4. The van der Waals surface area contributed by atoms with Crippen LogP contribution in [0.3, 0.4) is 0 Å². The van der Waals surface area contributed by atoms with E-state index in [1.807, 2.05) is 24.3 Å². The highest BCUT2D eigenvalue weighted by Gasteiger charge is 2.24. The minimum Gasteiger partial charge on any atom is -0.497 e. The molecule has 1 N–H and O–H groups in total. The molecule has 20 heavy (non-hydrogen) atoms. The van der Waals surface area contributed by atoms with E-state index < -0.39 is 10.0 Å². The Morgan fingerprint density at radius 2 is 1.95 bits per heavy atom. The Labute approximate surface area is 118 Å². The molecular weight excluding hydrogens is 278 g/mol. The van der Waals surface area contributed by atoms with Crippen molar-refractivity contribution in [2.75, 3.05) is 13.7 Å². The van der Waals surface area contributed by atoms with Crippen LogP contribution in [0.4, 0.5) is 0 Å². The Kier molecular flexibility index (Phi) is 4.41. The van der Waals surface area contributed by atoms with Gasteiger partial charge in [0.1, 0.15) is 5.75 Å². The highest BCUT2D eigenvalue weighted by atomic mass is 32.2. The van der Waals surface area contributed by atoms with Gasteiger partial charge >= 0.3 is 0 Å². The molecule has 0 aliphatic carbocycles. The number of hydrogen-bond acceptors (Lipinski definition) is 4. The zero-order chi connectivity index (χ0) is 14.6. The quantitative estimate of drug-likeness (QED) is 0.879. The Morgan fingerprint density at radius 1 is 1.25 bits per heavy atom. The minimum atomic E-state index is -3.54. The maximum Gasteiger partial charge on any atom is 0.260 e. The largest absolute Gasteiger partial charge is 0.497 e. The first kappa shape index (κ1) is 14.5. The number of H-pyrrole nitrogens is 1. The van der Waals surface area contributed by atoms with Gasteiger partial charge in [-0.05, 0) is 23.8 Å². The third kappa shape index (κ3) is 3.00. The average Bonchev–Trinajstić information content (AvgIpc) is 3.00. The number of ether oxygens (including phenoxy) is 1. The minimum absolute atomic E-state index is 0.105. The fraction of sp³-hybridized carbons (Fsp3) is 0.308. The van der Waals surface area contributed by atoms with E-state index in [1.54, 1.807) is 14.0 Å². The predicted molar refractivity (Wildman–Crippen MR) is 74.9 cm³/mol. The topological polar surface area (TPSA) is 75.3 Å². The molecule has 0 aliphatic rings. The molecule has 0 unspecified atom stereocenters. The lowest BCUT2D eigenvalue weighted by molar-refractivity contribution is 0.411. The van der Waals surface area contributed by atoms with Gasteiger partial charge in [0.15, 0.2) is 5.03 Å². The molecule has 0 atom stereocenters. The highest BCUT2D eigenvalue weighted by molar-refractivity contribution is 7.89. The molecule has 0 saturated carbocycles. The second-order valence-electron chi connectivity index (χ2n) is 4.20. The van der Waals surface area contributed by atoms with Crippen molar-refractivity contribution in [3.8, 4) is 5.75 Å². The van der Waals surface area contributed by atoms with E-state index in [4.69, 9.17) is 4.74 Å². The smallest absolute Gasteiger partial charge is 0.260 e. The van der Waals surface area contributed by atoms with Crippen molar-refractivity contribution in [2.45, 2.75) is 18.5 Å². The van der Waals surface area contributed by atoms with E-state index in [2.05, 4.69) is 10.2 Å². The second kappa shape index (κ2) is 6.06. The van der Waals surface area contributed by atoms with Crippen molar-refractivity contribution < 1.29 is 13.2 Å². The number of sulfonamides is 1. The number of nitrogens with zero attached hydrogens (tertiary/aromatic N) is 2. The second-order valence-corrected chi connectivity index (χ2v) is 6.11. The first-order valence-electron chi connectivity index (χ1n) is 6.20. The van der Waals surface area contributed by atoms with Gasteiger partial charge in [-0.3, -0.25) is 5.10 Å². The Balaban J connectivity index is 2.20. The summed E-state index contributed by atoms with van der Waals surface area (Å²) in [6, 6.07) is 8.78. The molecule has 0 fully saturated rings. The SMILES string of the molecule is CCN(Cc1ccc(OC)cc1)S(=O)(=O)c1ccn[nH]1. The van der Waals surface area contributed by atoms with Crippen LogP contribution < -0.4 is 4.74 Å². The molecule has 0 radical (unpaired) electrons. The van der Waals surface area contributed by atoms with E-state index in [1.165, 1.54) is 16.6 Å². The Morgan fingerprint density at radius 3 is 2.45 bits per heavy atom. The lowest BCUT2D eigenvalue weighted by Gasteiger charge is -2.19. The number of rotatable bonds is 6. The lowest BCUT2D eigenvalue weighted by Crippen LogP contribution is -2.30. The van der Waals surface area contributed by atoms with Crippen LogP contribution >= 0.6 is 0 Å². The van der Waals surface area contributed by atoms with Crippen LogP contribution in [0.5, 0.6) is 5.75 Å². The van der Waals surface area contributed by atoms with Gasteiger partial charge < -0.3 is 4.74 Å². The van der Waals surface area contributed by atoms with Crippen LogP contribution in [0, 0.1) is 0 Å². The monoisotopic (exact) mass is 295 g/mol. The van der Waals surface area contributed by atoms with E-state index in [-0.39, 0.29) is 5.03 Å². The normalized spacial score (nSPS) is 11.8. The van der Waals surface area contributed by atoms with Crippen molar-refractivity contribution in [3.05, 3.63) is 42.1 Å². The molecule has 2 rings (SSSR count). The van der Waals surface area contributed by atoms with Crippen molar-refractivity contribution in [2.24, 2.45) is 0 Å². The number of methoxy groups -OCH3 is 1. The number of aromatic nitrogens is 2. The van der Waals surface area contributed by atoms with E-state index in [0.717, 1.165) is 11.3 Å². The van der Waals surface area contributed by atoms with E-state index in [9.17, 15) is 8.42 Å². The summed E-state index contributed by atoms with van der Waals surface area (Å²) in [6.45, 7) is 2.49. The van der Waals surface area contributed by atoms with Gasteiger partial charge in [0.2, 0.25) is 0 Å². The first-order chi connectivity index (χ1) is 9.57. The maximum atomic E-state index is 12.4. The number of hydrogen-bond donors (Lipinski definition) is 1. The third-order valence-electron chi connectivity index (χ3n) is 2.96. The van der Waals surface area contributed by atoms with Crippen molar-refractivity contribution in [3.63, 3.8) is 0 Å². The van der Waals surface area contributed by atoms with Gasteiger partial charge in [-0.2, -0.15) is 9.40 Å².